The predicted molar refractivity (Wildman–Crippen MR) is 91.6 cm³/mol. The fraction of sp³-hybridized carbons (Fsp3) is 0.158. The maximum absolute atomic E-state index is 10.8. The molecular weight excluding hydrogens is 306 g/mol. The van der Waals surface area contributed by atoms with Gasteiger partial charge in [0.1, 0.15) is 0 Å². The van der Waals surface area contributed by atoms with Gasteiger partial charge in [-0.25, -0.2) is 0 Å². The first-order chi connectivity index (χ1) is 11.6. The Labute approximate surface area is 139 Å². The molecule has 0 amide bonds. The number of hydrogen-bond donors (Lipinski definition) is 1. The molecule has 3 aromatic rings. The zero-order valence-corrected chi connectivity index (χ0v) is 13.4. The molecule has 0 aliphatic rings. The lowest BCUT2D eigenvalue weighted by molar-refractivity contribution is -0.136. The normalized spacial score (nSPS) is 10.6. The van der Waals surface area contributed by atoms with E-state index in [1.165, 1.54) is 0 Å². The number of methoxy groups -OCH3 is 2. The van der Waals surface area contributed by atoms with Crippen molar-refractivity contribution >= 4 is 16.9 Å². The predicted octanol–water partition coefficient (Wildman–Crippen LogP) is 3.55. The minimum absolute atomic E-state index is 0.0211. The Kier molecular flexibility index (Phi) is 4.33. The maximum atomic E-state index is 10.8. The van der Waals surface area contributed by atoms with Gasteiger partial charge in [-0.3, -0.25) is 9.78 Å². The molecule has 122 valence electrons. The van der Waals surface area contributed by atoms with Crippen LogP contribution in [0.4, 0.5) is 0 Å². The SMILES string of the molecule is COc1cc2cc(-c3ccc(CC(=O)O)cc3)cnc2cc1OC. The van der Waals surface area contributed by atoms with Crippen LogP contribution in [0.15, 0.2) is 48.7 Å². The standard InChI is InChI=1S/C19H17NO4/c1-23-17-9-14-8-15(11-20-16(14)10-18(17)24-2)13-5-3-12(4-6-13)7-19(21)22/h3-6,8-11H,7H2,1-2H3,(H,21,22). The average Bonchev–Trinajstić information content (AvgIpc) is 2.60. The Hall–Kier alpha value is -3.08. The summed E-state index contributed by atoms with van der Waals surface area (Å²) in [5, 5.41) is 9.78. The number of aliphatic carboxylic acids is 1. The summed E-state index contributed by atoms with van der Waals surface area (Å²) in [5.41, 5.74) is 3.52. The molecule has 5 heteroatoms. The van der Waals surface area contributed by atoms with E-state index in [-0.39, 0.29) is 6.42 Å². The minimum atomic E-state index is -0.837. The summed E-state index contributed by atoms with van der Waals surface area (Å²) < 4.78 is 10.6. The fourth-order valence-electron chi connectivity index (χ4n) is 2.60. The van der Waals surface area contributed by atoms with Crippen LogP contribution in [0.25, 0.3) is 22.0 Å². The molecule has 2 aromatic carbocycles. The number of nitrogens with zero attached hydrogens (tertiary/aromatic N) is 1. The number of benzene rings is 2. The van der Waals surface area contributed by atoms with Gasteiger partial charge >= 0.3 is 5.97 Å². The monoisotopic (exact) mass is 323 g/mol. The third kappa shape index (κ3) is 3.15. The number of fused-ring (bicyclic) bond motifs is 1. The number of rotatable bonds is 5. The minimum Gasteiger partial charge on any atom is -0.493 e. The van der Waals surface area contributed by atoms with Crippen LogP contribution in [0.1, 0.15) is 5.56 Å². The van der Waals surface area contributed by atoms with E-state index in [2.05, 4.69) is 4.98 Å². The van der Waals surface area contributed by atoms with E-state index in [1.807, 2.05) is 42.5 Å². The molecule has 1 aromatic heterocycles. The topological polar surface area (TPSA) is 68.7 Å². The van der Waals surface area contributed by atoms with Crippen molar-refractivity contribution in [2.45, 2.75) is 6.42 Å². The molecule has 0 unspecified atom stereocenters. The Morgan fingerprint density at radius 2 is 1.67 bits per heavy atom. The average molecular weight is 323 g/mol. The second-order valence-corrected chi connectivity index (χ2v) is 5.39. The van der Waals surface area contributed by atoms with E-state index in [4.69, 9.17) is 14.6 Å². The number of pyridine rings is 1. The highest BCUT2D eigenvalue weighted by Gasteiger charge is 2.08. The van der Waals surface area contributed by atoms with E-state index in [0.29, 0.717) is 11.5 Å². The van der Waals surface area contributed by atoms with Crippen molar-refractivity contribution in [1.29, 1.82) is 0 Å². The van der Waals surface area contributed by atoms with Crippen molar-refractivity contribution in [3.8, 4) is 22.6 Å². The van der Waals surface area contributed by atoms with Gasteiger partial charge in [0.2, 0.25) is 0 Å². The summed E-state index contributed by atoms with van der Waals surface area (Å²) in [6.07, 6.45) is 1.81. The molecule has 0 bridgehead atoms. The van der Waals surface area contributed by atoms with E-state index >= 15 is 0 Å². The maximum Gasteiger partial charge on any atom is 0.307 e. The first-order valence-electron chi connectivity index (χ1n) is 7.43. The van der Waals surface area contributed by atoms with Crippen LogP contribution in [0.2, 0.25) is 0 Å². The van der Waals surface area contributed by atoms with Crippen molar-refractivity contribution < 1.29 is 19.4 Å². The summed E-state index contributed by atoms with van der Waals surface area (Å²) in [4.78, 5) is 15.2. The van der Waals surface area contributed by atoms with Crippen LogP contribution >= 0.6 is 0 Å². The molecular formula is C19H17NO4. The van der Waals surface area contributed by atoms with Crippen molar-refractivity contribution in [2.75, 3.05) is 14.2 Å². The Morgan fingerprint density at radius 3 is 2.29 bits per heavy atom. The third-order valence-corrected chi connectivity index (χ3v) is 3.83. The highest BCUT2D eigenvalue weighted by Crippen LogP contribution is 2.33. The van der Waals surface area contributed by atoms with Crippen LogP contribution in [0.5, 0.6) is 11.5 Å². The van der Waals surface area contributed by atoms with Gasteiger partial charge < -0.3 is 14.6 Å². The molecule has 0 aliphatic heterocycles. The van der Waals surface area contributed by atoms with Gasteiger partial charge in [-0.2, -0.15) is 0 Å². The second-order valence-electron chi connectivity index (χ2n) is 5.39. The van der Waals surface area contributed by atoms with Gasteiger partial charge in [-0.1, -0.05) is 24.3 Å². The second kappa shape index (κ2) is 6.58. The summed E-state index contributed by atoms with van der Waals surface area (Å²) in [5.74, 6) is 0.459. The Bertz CT molecular complexity index is 888. The molecule has 0 aliphatic carbocycles. The summed E-state index contributed by atoms with van der Waals surface area (Å²) >= 11 is 0. The van der Waals surface area contributed by atoms with E-state index in [0.717, 1.165) is 27.6 Å². The number of carbonyl (C=O) groups is 1. The molecule has 0 radical (unpaired) electrons. The van der Waals surface area contributed by atoms with Gasteiger partial charge in [0, 0.05) is 23.2 Å². The molecule has 0 saturated carbocycles. The van der Waals surface area contributed by atoms with Crippen molar-refractivity contribution in [1.82, 2.24) is 4.98 Å². The van der Waals surface area contributed by atoms with Crippen molar-refractivity contribution in [3.05, 3.63) is 54.2 Å². The van der Waals surface area contributed by atoms with E-state index in [1.54, 1.807) is 20.4 Å². The molecule has 0 fully saturated rings. The van der Waals surface area contributed by atoms with Gasteiger partial charge in [0.25, 0.3) is 0 Å². The van der Waals surface area contributed by atoms with Gasteiger partial charge in [-0.05, 0) is 23.3 Å². The smallest absolute Gasteiger partial charge is 0.307 e. The van der Waals surface area contributed by atoms with Crippen molar-refractivity contribution in [2.24, 2.45) is 0 Å². The first-order valence-corrected chi connectivity index (χ1v) is 7.43. The van der Waals surface area contributed by atoms with Crippen molar-refractivity contribution in [3.63, 3.8) is 0 Å². The Balaban J connectivity index is 1.99. The number of carboxylic acid groups (broad SMARTS) is 1. The van der Waals surface area contributed by atoms with Crippen LogP contribution in [-0.2, 0) is 11.2 Å². The molecule has 0 spiro atoms. The van der Waals surface area contributed by atoms with Crippen LogP contribution in [0, 0.1) is 0 Å². The molecule has 1 heterocycles. The molecule has 24 heavy (non-hydrogen) atoms. The van der Waals surface area contributed by atoms with E-state index in [9.17, 15) is 4.79 Å². The van der Waals surface area contributed by atoms with Crippen LogP contribution in [0.3, 0.4) is 0 Å². The molecule has 0 saturated heterocycles. The van der Waals surface area contributed by atoms with Gasteiger partial charge in [0.15, 0.2) is 11.5 Å². The lowest BCUT2D eigenvalue weighted by atomic mass is 10.0. The lowest BCUT2D eigenvalue weighted by Crippen LogP contribution is -1.99. The zero-order chi connectivity index (χ0) is 17.1. The summed E-state index contributed by atoms with van der Waals surface area (Å²) in [6.45, 7) is 0. The number of ether oxygens (including phenoxy) is 2. The van der Waals surface area contributed by atoms with E-state index < -0.39 is 5.97 Å². The molecule has 0 atom stereocenters. The van der Waals surface area contributed by atoms with Gasteiger partial charge in [0.05, 0.1) is 26.2 Å². The highest BCUT2D eigenvalue weighted by atomic mass is 16.5. The number of carboxylic acids is 1. The molecule has 3 rings (SSSR count). The highest BCUT2D eigenvalue weighted by molar-refractivity contribution is 5.86. The lowest BCUT2D eigenvalue weighted by Gasteiger charge is -2.10. The largest absolute Gasteiger partial charge is 0.493 e. The Morgan fingerprint density at radius 1 is 1.00 bits per heavy atom. The fourth-order valence-corrected chi connectivity index (χ4v) is 2.60. The first kappa shape index (κ1) is 15.8. The summed E-state index contributed by atoms with van der Waals surface area (Å²) in [6, 6.07) is 13.2. The third-order valence-electron chi connectivity index (χ3n) is 3.83. The molecule has 1 N–H and O–H groups in total. The van der Waals surface area contributed by atoms with Gasteiger partial charge in [-0.15, -0.1) is 0 Å². The quantitative estimate of drug-likeness (QED) is 0.777. The van der Waals surface area contributed by atoms with Crippen LogP contribution in [-0.4, -0.2) is 30.3 Å². The number of aromatic nitrogens is 1. The molecule has 5 nitrogen and oxygen atoms in total. The summed E-state index contributed by atoms with van der Waals surface area (Å²) in [7, 11) is 3.19. The van der Waals surface area contributed by atoms with Crippen LogP contribution < -0.4 is 9.47 Å². The zero-order valence-electron chi connectivity index (χ0n) is 13.4. The number of hydrogen-bond acceptors (Lipinski definition) is 4.